The molecule has 0 amide bonds. The predicted octanol–water partition coefficient (Wildman–Crippen LogP) is 4.40. The molecule has 0 aliphatic heterocycles. The molecule has 0 heterocycles. The van der Waals surface area contributed by atoms with Crippen molar-refractivity contribution in [3.8, 4) is 5.75 Å². The number of ether oxygens (including phenoxy) is 1. The first-order valence-electron chi connectivity index (χ1n) is 7.70. The standard InChI is InChI=1S/C20H15NO4/c22-20(16-9-5-2-6-10-16)18-12-11-17(21(23)24)13-19(18)25-14-15-7-3-1-4-8-15/h1-13H,14H2. The first-order valence-corrected chi connectivity index (χ1v) is 7.70. The predicted molar refractivity (Wildman–Crippen MR) is 93.7 cm³/mol. The summed E-state index contributed by atoms with van der Waals surface area (Å²) in [6, 6.07) is 22.2. The molecule has 0 fully saturated rings. The highest BCUT2D eigenvalue weighted by molar-refractivity contribution is 6.10. The minimum absolute atomic E-state index is 0.118. The van der Waals surface area contributed by atoms with Crippen molar-refractivity contribution in [1.82, 2.24) is 0 Å². The van der Waals surface area contributed by atoms with Gasteiger partial charge < -0.3 is 4.74 Å². The molecule has 0 saturated heterocycles. The lowest BCUT2D eigenvalue weighted by atomic mass is 10.0. The topological polar surface area (TPSA) is 69.4 Å². The molecule has 0 N–H and O–H groups in total. The second-order valence-corrected chi connectivity index (χ2v) is 5.41. The molecule has 3 aromatic carbocycles. The normalized spacial score (nSPS) is 10.2. The number of benzene rings is 3. The fraction of sp³-hybridized carbons (Fsp3) is 0.0500. The van der Waals surface area contributed by atoms with Gasteiger partial charge in [-0.25, -0.2) is 0 Å². The van der Waals surface area contributed by atoms with Crippen LogP contribution in [0.1, 0.15) is 21.5 Å². The summed E-state index contributed by atoms with van der Waals surface area (Å²) in [4.78, 5) is 23.2. The summed E-state index contributed by atoms with van der Waals surface area (Å²) in [6.45, 7) is 0.219. The maximum absolute atomic E-state index is 12.7. The summed E-state index contributed by atoms with van der Waals surface area (Å²) in [7, 11) is 0. The Hall–Kier alpha value is -3.47. The summed E-state index contributed by atoms with van der Waals surface area (Å²) in [5.74, 6) is -0.0366. The minimum atomic E-state index is -0.508. The van der Waals surface area contributed by atoms with Crippen LogP contribution in [-0.4, -0.2) is 10.7 Å². The van der Waals surface area contributed by atoms with Crippen LogP contribution in [0.2, 0.25) is 0 Å². The van der Waals surface area contributed by atoms with E-state index in [9.17, 15) is 14.9 Å². The number of nitro benzene ring substituents is 1. The number of nitrogens with zero attached hydrogens (tertiary/aromatic N) is 1. The molecule has 0 radical (unpaired) electrons. The molecule has 0 bridgehead atoms. The van der Waals surface area contributed by atoms with Crippen LogP contribution in [-0.2, 0) is 6.61 Å². The van der Waals surface area contributed by atoms with Crippen LogP contribution in [0.5, 0.6) is 5.75 Å². The van der Waals surface area contributed by atoms with E-state index < -0.39 is 4.92 Å². The Morgan fingerprint density at radius 3 is 2.20 bits per heavy atom. The Morgan fingerprint density at radius 1 is 0.920 bits per heavy atom. The van der Waals surface area contributed by atoms with Crippen LogP contribution < -0.4 is 4.74 Å². The number of ketones is 1. The van der Waals surface area contributed by atoms with Crippen molar-refractivity contribution in [2.45, 2.75) is 6.61 Å². The minimum Gasteiger partial charge on any atom is -0.488 e. The second-order valence-electron chi connectivity index (χ2n) is 5.41. The van der Waals surface area contributed by atoms with Gasteiger partial charge >= 0.3 is 0 Å². The number of rotatable bonds is 6. The van der Waals surface area contributed by atoms with Gasteiger partial charge in [-0.2, -0.15) is 0 Å². The molecule has 0 aliphatic rings. The molecule has 0 unspecified atom stereocenters. The number of nitro groups is 1. The highest BCUT2D eigenvalue weighted by atomic mass is 16.6. The zero-order valence-electron chi connectivity index (χ0n) is 13.3. The van der Waals surface area contributed by atoms with Gasteiger partial charge in [0.15, 0.2) is 5.78 Å². The van der Waals surface area contributed by atoms with Crippen molar-refractivity contribution < 1.29 is 14.5 Å². The fourth-order valence-electron chi connectivity index (χ4n) is 2.41. The van der Waals surface area contributed by atoms with Gasteiger partial charge in [0.05, 0.1) is 16.6 Å². The van der Waals surface area contributed by atoms with Crippen LogP contribution in [0.3, 0.4) is 0 Å². The molecule has 0 spiro atoms. The highest BCUT2D eigenvalue weighted by Gasteiger charge is 2.18. The zero-order valence-corrected chi connectivity index (χ0v) is 13.3. The van der Waals surface area contributed by atoms with E-state index in [2.05, 4.69) is 0 Å². The van der Waals surface area contributed by atoms with Gasteiger partial charge in [0, 0.05) is 11.6 Å². The highest BCUT2D eigenvalue weighted by Crippen LogP contribution is 2.28. The zero-order chi connectivity index (χ0) is 17.6. The Morgan fingerprint density at radius 2 is 1.56 bits per heavy atom. The van der Waals surface area contributed by atoms with Gasteiger partial charge in [-0.3, -0.25) is 14.9 Å². The Bertz CT molecular complexity index is 892. The molecular weight excluding hydrogens is 318 g/mol. The van der Waals surface area contributed by atoms with Gasteiger partial charge in [0.1, 0.15) is 12.4 Å². The molecule has 124 valence electrons. The number of carbonyl (C=O) groups excluding carboxylic acids is 1. The van der Waals surface area contributed by atoms with Gasteiger partial charge in [0.25, 0.3) is 5.69 Å². The van der Waals surface area contributed by atoms with Gasteiger partial charge in [-0.05, 0) is 11.6 Å². The van der Waals surface area contributed by atoms with Gasteiger partial charge in [-0.1, -0.05) is 60.7 Å². The lowest BCUT2D eigenvalue weighted by Gasteiger charge is -2.11. The number of carbonyl (C=O) groups is 1. The third-order valence-corrected chi connectivity index (χ3v) is 3.69. The first-order chi connectivity index (χ1) is 12.1. The third kappa shape index (κ3) is 3.90. The second kappa shape index (κ2) is 7.40. The number of hydrogen-bond donors (Lipinski definition) is 0. The van der Waals surface area contributed by atoms with Crippen molar-refractivity contribution in [1.29, 1.82) is 0 Å². The van der Waals surface area contributed by atoms with E-state index in [1.807, 2.05) is 36.4 Å². The van der Waals surface area contributed by atoms with E-state index in [1.54, 1.807) is 24.3 Å². The van der Waals surface area contributed by atoms with Crippen LogP contribution >= 0.6 is 0 Å². The van der Waals surface area contributed by atoms with Crippen LogP contribution in [0, 0.1) is 10.1 Å². The van der Waals surface area contributed by atoms with E-state index in [-0.39, 0.29) is 23.8 Å². The molecule has 0 aliphatic carbocycles. The summed E-state index contributed by atoms with van der Waals surface area (Å²) in [6.07, 6.45) is 0. The molecule has 0 atom stereocenters. The maximum Gasteiger partial charge on any atom is 0.273 e. The van der Waals surface area contributed by atoms with E-state index in [4.69, 9.17) is 4.74 Å². The van der Waals surface area contributed by atoms with Crippen LogP contribution in [0.25, 0.3) is 0 Å². The quantitative estimate of drug-likeness (QED) is 0.381. The smallest absolute Gasteiger partial charge is 0.273 e. The third-order valence-electron chi connectivity index (χ3n) is 3.69. The molecule has 5 nitrogen and oxygen atoms in total. The Kier molecular flexibility index (Phi) is 4.85. The van der Waals surface area contributed by atoms with Crippen molar-refractivity contribution in [3.05, 3.63) is 106 Å². The molecule has 3 rings (SSSR count). The lowest BCUT2D eigenvalue weighted by Crippen LogP contribution is -2.06. The van der Waals surface area contributed by atoms with Crippen molar-refractivity contribution >= 4 is 11.5 Å². The van der Waals surface area contributed by atoms with Crippen molar-refractivity contribution in [2.75, 3.05) is 0 Å². The van der Waals surface area contributed by atoms with Gasteiger partial charge in [0.2, 0.25) is 0 Å². The lowest BCUT2D eigenvalue weighted by molar-refractivity contribution is -0.384. The van der Waals surface area contributed by atoms with Crippen LogP contribution in [0.15, 0.2) is 78.9 Å². The average Bonchev–Trinajstić information content (AvgIpc) is 2.67. The molecule has 25 heavy (non-hydrogen) atoms. The maximum atomic E-state index is 12.7. The van der Waals surface area contributed by atoms with Crippen LogP contribution in [0.4, 0.5) is 5.69 Å². The molecule has 5 heteroatoms. The number of non-ortho nitro benzene ring substituents is 1. The fourth-order valence-corrected chi connectivity index (χ4v) is 2.41. The molecule has 0 aromatic heterocycles. The van der Waals surface area contributed by atoms with E-state index in [1.165, 1.54) is 18.2 Å². The summed E-state index contributed by atoms with van der Waals surface area (Å²) in [5, 5.41) is 11.0. The SMILES string of the molecule is O=C(c1ccccc1)c1ccc([N+](=O)[O-])cc1OCc1ccccc1. The Labute approximate surface area is 144 Å². The molecule has 0 saturated carbocycles. The van der Waals surface area contributed by atoms with E-state index in [0.717, 1.165) is 5.56 Å². The monoisotopic (exact) mass is 333 g/mol. The molecule has 3 aromatic rings. The first kappa shape index (κ1) is 16.4. The van der Waals surface area contributed by atoms with Gasteiger partial charge in [-0.15, -0.1) is 0 Å². The Balaban J connectivity index is 1.94. The summed E-state index contributed by atoms with van der Waals surface area (Å²) < 4.78 is 5.73. The summed E-state index contributed by atoms with van der Waals surface area (Å²) >= 11 is 0. The van der Waals surface area contributed by atoms with Crippen molar-refractivity contribution in [2.24, 2.45) is 0 Å². The van der Waals surface area contributed by atoms with E-state index >= 15 is 0 Å². The molecular formula is C20H15NO4. The van der Waals surface area contributed by atoms with Crippen molar-refractivity contribution in [3.63, 3.8) is 0 Å². The van der Waals surface area contributed by atoms with E-state index in [0.29, 0.717) is 11.1 Å². The average molecular weight is 333 g/mol. The largest absolute Gasteiger partial charge is 0.488 e. The summed E-state index contributed by atoms with van der Waals surface area (Å²) in [5.41, 5.74) is 1.59. The number of hydrogen-bond acceptors (Lipinski definition) is 4.